The van der Waals surface area contributed by atoms with Crippen molar-refractivity contribution in [2.45, 2.75) is 56.4 Å². The lowest BCUT2D eigenvalue weighted by molar-refractivity contribution is 0.0401. The van der Waals surface area contributed by atoms with Gasteiger partial charge in [0.15, 0.2) is 0 Å². The highest BCUT2D eigenvalue weighted by atomic mass is 35.5. The first kappa shape index (κ1) is 19.6. The van der Waals surface area contributed by atoms with Gasteiger partial charge in [0.25, 0.3) is 0 Å². The summed E-state index contributed by atoms with van der Waals surface area (Å²) in [5, 5.41) is 0. The quantitative estimate of drug-likeness (QED) is 0.348. The molecule has 2 atom stereocenters. The molecule has 22 heavy (non-hydrogen) atoms. The SMILES string of the molecule is CCCCCCC(CC(COc1ccccc1)OC)C(Cl)Cl. The average molecular weight is 347 g/mol. The van der Waals surface area contributed by atoms with Crippen molar-refractivity contribution in [1.29, 1.82) is 0 Å². The Bertz CT molecular complexity index is 371. The van der Waals surface area contributed by atoms with E-state index < -0.39 is 0 Å². The number of para-hydroxylation sites is 1. The zero-order valence-electron chi connectivity index (χ0n) is 13.6. The summed E-state index contributed by atoms with van der Waals surface area (Å²) in [5.41, 5.74) is 0. The molecule has 1 aromatic rings. The summed E-state index contributed by atoms with van der Waals surface area (Å²) in [7, 11) is 1.71. The Morgan fingerprint density at radius 1 is 1.05 bits per heavy atom. The van der Waals surface area contributed by atoms with Gasteiger partial charge < -0.3 is 9.47 Å². The van der Waals surface area contributed by atoms with Crippen molar-refractivity contribution < 1.29 is 9.47 Å². The van der Waals surface area contributed by atoms with Crippen LogP contribution in [-0.2, 0) is 4.74 Å². The van der Waals surface area contributed by atoms with Gasteiger partial charge in [0.2, 0.25) is 0 Å². The Morgan fingerprint density at radius 2 is 1.77 bits per heavy atom. The van der Waals surface area contributed by atoms with E-state index in [0.717, 1.165) is 18.6 Å². The number of hydrogen-bond acceptors (Lipinski definition) is 2. The molecule has 0 saturated carbocycles. The fourth-order valence-electron chi connectivity index (χ4n) is 2.46. The van der Waals surface area contributed by atoms with E-state index in [1.165, 1.54) is 25.7 Å². The largest absolute Gasteiger partial charge is 0.491 e. The van der Waals surface area contributed by atoms with Gasteiger partial charge in [0.05, 0.1) is 6.10 Å². The third-order valence-electron chi connectivity index (χ3n) is 3.86. The summed E-state index contributed by atoms with van der Waals surface area (Å²) in [6.07, 6.45) is 6.80. The van der Waals surface area contributed by atoms with Crippen molar-refractivity contribution >= 4 is 23.2 Å². The van der Waals surface area contributed by atoms with Crippen molar-refractivity contribution in [3.63, 3.8) is 0 Å². The lowest BCUT2D eigenvalue weighted by atomic mass is 9.96. The van der Waals surface area contributed by atoms with Gasteiger partial charge in [-0.1, -0.05) is 50.8 Å². The molecule has 0 saturated heterocycles. The number of methoxy groups -OCH3 is 1. The van der Waals surface area contributed by atoms with Crippen molar-refractivity contribution in [1.82, 2.24) is 0 Å². The molecule has 0 aliphatic heterocycles. The summed E-state index contributed by atoms with van der Waals surface area (Å²) in [5.74, 6) is 1.11. The second-order valence-electron chi connectivity index (χ2n) is 5.66. The molecule has 0 aliphatic rings. The van der Waals surface area contributed by atoms with Crippen molar-refractivity contribution in [2.24, 2.45) is 5.92 Å². The van der Waals surface area contributed by atoms with E-state index in [9.17, 15) is 0 Å². The van der Waals surface area contributed by atoms with Crippen LogP contribution in [0.25, 0.3) is 0 Å². The fraction of sp³-hybridized carbons (Fsp3) is 0.667. The lowest BCUT2D eigenvalue weighted by Gasteiger charge is -2.23. The molecule has 0 spiro atoms. The van der Waals surface area contributed by atoms with E-state index >= 15 is 0 Å². The lowest BCUT2D eigenvalue weighted by Crippen LogP contribution is -2.26. The van der Waals surface area contributed by atoms with Crippen LogP contribution in [0.2, 0.25) is 0 Å². The van der Waals surface area contributed by atoms with E-state index in [1.54, 1.807) is 7.11 Å². The second kappa shape index (κ2) is 12.0. The van der Waals surface area contributed by atoms with Crippen LogP contribution in [-0.4, -0.2) is 24.7 Å². The van der Waals surface area contributed by atoms with Crippen LogP contribution in [0, 0.1) is 5.92 Å². The maximum Gasteiger partial charge on any atom is 0.119 e. The van der Waals surface area contributed by atoms with Gasteiger partial charge in [-0.15, -0.1) is 23.2 Å². The molecule has 0 fully saturated rings. The molecule has 0 aromatic heterocycles. The van der Waals surface area contributed by atoms with Gasteiger partial charge in [-0.05, 0) is 30.9 Å². The van der Waals surface area contributed by atoms with Gasteiger partial charge >= 0.3 is 0 Å². The first-order chi connectivity index (χ1) is 10.7. The summed E-state index contributed by atoms with van der Waals surface area (Å²) in [6.45, 7) is 2.73. The Morgan fingerprint density at radius 3 is 2.36 bits per heavy atom. The van der Waals surface area contributed by atoms with E-state index in [2.05, 4.69) is 6.92 Å². The summed E-state index contributed by atoms with van der Waals surface area (Å²) >= 11 is 12.3. The van der Waals surface area contributed by atoms with Crippen LogP contribution in [0.15, 0.2) is 30.3 Å². The Kier molecular flexibility index (Phi) is 10.7. The maximum absolute atomic E-state index is 6.14. The Balaban J connectivity index is 2.39. The molecule has 2 nitrogen and oxygen atoms in total. The van der Waals surface area contributed by atoms with Gasteiger partial charge in [0, 0.05) is 7.11 Å². The predicted octanol–water partition coefficient (Wildman–Crippen LogP) is 5.86. The maximum atomic E-state index is 6.14. The fourth-order valence-corrected chi connectivity index (χ4v) is 2.91. The minimum Gasteiger partial charge on any atom is -0.491 e. The number of benzene rings is 1. The number of ether oxygens (including phenoxy) is 2. The van der Waals surface area contributed by atoms with Gasteiger partial charge in [-0.3, -0.25) is 0 Å². The van der Waals surface area contributed by atoms with Crippen molar-refractivity contribution in [3.8, 4) is 5.75 Å². The molecule has 1 aromatic carbocycles. The molecule has 0 radical (unpaired) electrons. The molecule has 2 unspecified atom stereocenters. The molecule has 0 N–H and O–H groups in total. The predicted molar refractivity (Wildman–Crippen MR) is 95.1 cm³/mol. The number of rotatable bonds is 12. The molecule has 0 bridgehead atoms. The Labute approximate surface area is 145 Å². The molecule has 126 valence electrons. The van der Waals surface area contributed by atoms with Crippen LogP contribution >= 0.6 is 23.2 Å². The Hall–Kier alpha value is -0.440. The number of halogens is 2. The highest BCUT2D eigenvalue weighted by Crippen LogP contribution is 2.27. The van der Waals surface area contributed by atoms with Crippen molar-refractivity contribution in [2.75, 3.05) is 13.7 Å². The molecular formula is C18H28Cl2O2. The third kappa shape index (κ3) is 8.26. The molecule has 0 amide bonds. The normalized spacial score (nSPS) is 14.0. The van der Waals surface area contributed by atoms with E-state index in [0.29, 0.717) is 6.61 Å². The molecule has 0 aliphatic carbocycles. The van der Waals surface area contributed by atoms with E-state index in [4.69, 9.17) is 32.7 Å². The van der Waals surface area contributed by atoms with Crippen molar-refractivity contribution in [3.05, 3.63) is 30.3 Å². The number of hydrogen-bond donors (Lipinski definition) is 0. The minimum absolute atomic E-state index is 0.0105. The van der Waals surface area contributed by atoms with Crippen LogP contribution in [0.1, 0.15) is 45.4 Å². The number of unbranched alkanes of at least 4 members (excludes halogenated alkanes) is 3. The molecule has 4 heteroatoms. The number of alkyl halides is 2. The van der Waals surface area contributed by atoms with Gasteiger partial charge in [0.1, 0.15) is 17.2 Å². The molecule has 0 heterocycles. The summed E-state index contributed by atoms with van der Waals surface area (Å²) in [4.78, 5) is -0.351. The van der Waals surface area contributed by atoms with Crippen LogP contribution in [0.5, 0.6) is 5.75 Å². The highest BCUT2D eigenvalue weighted by molar-refractivity contribution is 6.44. The van der Waals surface area contributed by atoms with Crippen LogP contribution in [0.3, 0.4) is 0 Å². The minimum atomic E-state index is -0.351. The zero-order valence-corrected chi connectivity index (χ0v) is 15.2. The smallest absolute Gasteiger partial charge is 0.119 e. The topological polar surface area (TPSA) is 18.5 Å². The zero-order chi connectivity index (χ0) is 16.2. The first-order valence-electron chi connectivity index (χ1n) is 8.16. The standard InChI is InChI=1S/C18H28Cl2O2/c1-3-4-5-7-10-15(18(19)20)13-17(21-2)14-22-16-11-8-6-9-12-16/h6,8-9,11-12,15,17-18H,3-5,7,10,13-14H2,1-2H3. The second-order valence-corrected chi connectivity index (χ2v) is 6.83. The van der Waals surface area contributed by atoms with E-state index in [-0.39, 0.29) is 16.9 Å². The molecule has 1 rings (SSSR count). The van der Waals surface area contributed by atoms with Gasteiger partial charge in [-0.2, -0.15) is 0 Å². The highest BCUT2D eigenvalue weighted by Gasteiger charge is 2.22. The summed E-state index contributed by atoms with van der Waals surface area (Å²) in [6, 6.07) is 9.78. The summed E-state index contributed by atoms with van der Waals surface area (Å²) < 4.78 is 11.3. The van der Waals surface area contributed by atoms with Crippen LogP contribution < -0.4 is 4.74 Å². The van der Waals surface area contributed by atoms with E-state index in [1.807, 2.05) is 30.3 Å². The molecular weight excluding hydrogens is 319 g/mol. The van der Waals surface area contributed by atoms with Gasteiger partial charge in [-0.25, -0.2) is 0 Å². The van der Waals surface area contributed by atoms with Crippen LogP contribution in [0.4, 0.5) is 0 Å². The first-order valence-corrected chi connectivity index (χ1v) is 9.03. The third-order valence-corrected chi connectivity index (χ3v) is 4.58. The monoisotopic (exact) mass is 346 g/mol. The average Bonchev–Trinajstić information content (AvgIpc) is 2.54.